The summed E-state index contributed by atoms with van der Waals surface area (Å²) >= 11 is 0. The van der Waals surface area contributed by atoms with Crippen molar-refractivity contribution >= 4 is 17.6 Å². The lowest BCUT2D eigenvalue weighted by Gasteiger charge is -2.47. The highest BCUT2D eigenvalue weighted by atomic mass is 19.2. The zero-order valence-corrected chi connectivity index (χ0v) is 26.8. The van der Waals surface area contributed by atoms with Gasteiger partial charge in [-0.15, -0.1) is 0 Å². The van der Waals surface area contributed by atoms with E-state index in [1.807, 2.05) is 41.3 Å². The first-order valence-corrected chi connectivity index (χ1v) is 16.0. The van der Waals surface area contributed by atoms with E-state index in [1.54, 1.807) is 20.3 Å². The van der Waals surface area contributed by atoms with Gasteiger partial charge in [-0.2, -0.15) is 4.39 Å². The standard InChI is InChI=1S/C36H38F3N3O6/c1-46-26-14-22(15-27(17-26)47-2)20-41(24-9-10-24)35(43)32-28(16-25-18-40-19-31(32)42(25)36(44)45)23-7-5-21(6-8-23)4-3-13-48-34-30(38)12-11-29(37)33(34)39/h5-8,11-12,14-15,17,24-25,31,40H,3-4,9-10,13,16,18-20H2,1-2H3,(H,44,45). The van der Waals surface area contributed by atoms with Gasteiger partial charge in [0, 0.05) is 37.3 Å². The van der Waals surface area contributed by atoms with Gasteiger partial charge in [0.25, 0.3) is 5.91 Å². The molecule has 6 rings (SSSR count). The van der Waals surface area contributed by atoms with E-state index in [-0.39, 0.29) is 24.6 Å². The molecule has 1 aliphatic carbocycles. The average Bonchev–Trinajstić information content (AvgIpc) is 3.93. The summed E-state index contributed by atoms with van der Waals surface area (Å²) in [5, 5.41) is 13.5. The second kappa shape index (κ2) is 14.2. The van der Waals surface area contributed by atoms with Crippen molar-refractivity contribution < 1.29 is 42.1 Å². The van der Waals surface area contributed by atoms with E-state index in [9.17, 15) is 27.9 Å². The second-order valence-corrected chi connectivity index (χ2v) is 12.3. The van der Waals surface area contributed by atoms with Gasteiger partial charge in [0.15, 0.2) is 17.4 Å². The maximum absolute atomic E-state index is 14.6. The minimum atomic E-state index is -1.35. The molecule has 12 heteroatoms. The first-order chi connectivity index (χ1) is 23.2. The summed E-state index contributed by atoms with van der Waals surface area (Å²) in [7, 11) is 3.14. The Balaban J connectivity index is 1.26. The fourth-order valence-electron chi connectivity index (χ4n) is 6.66. The van der Waals surface area contributed by atoms with Crippen LogP contribution in [0.2, 0.25) is 0 Å². The number of carboxylic acid groups (broad SMARTS) is 1. The Kier molecular flexibility index (Phi) is 9.81. The van der Waals surface area contributed by atoms with Crippen LogP contribution >= 0.6 is 0 Å². The summed E-state index contributed by atoms with van der Waals surface area (Å²) in [4.78, 5) is 30.4. The van der Waals surface area contributed by atoms with Gasteiger partial charge in [0.1, 0.15) is 11.5 Å². The van der Waals surface area contributed by atoms with Crippen LogP contribution in [0.3, 0.4) is 0 Å². The van der Waals surface area contributed by atoms with Crippen molar-refractivity contribution in [1.29, 1.82) is 0 Å². The van der Waals surface area contributed by atoms with Gasteiger partial charge in [-0.05, 0) is 78.6 Å². The van der Waals surface area contributed by atoms with Crippen molar-refractivity contribution in [2.24, 2.45) is 0 Å². The molecular formula is C36H38F3N3O6. The van der Waals surface area contributed by atoms with Gasteiger partial charge in [0.05, 0.1) is 32.9 Å². The van der Waals surface area contributed by atoms with Crippen LogP contribution in [-0.4, -0.2) is 78.9 Å². The van der Waals surface area contributed by atoms with Gasteiger partial charge in [-0.1, -0.05) is 24.3 Å². The zero-order valence-electron chi connectivity index (χ0n) is 26.8. The minimum Gasteiger partial charge on any atom is -0.497 e. The third kappa shape index (κ3) is 6.94. The maximum atomic E-state index is 14.6. The van der Waals surface area contributed by atoms with Gasteiger partial charge in [-0.25, -0.2) is 13.6 Å². The molecule has 254 valence electrons. The van der Waals surface area contributed by atoms with E-state index in [2.05, 4.69) is 5.32 Å². The number of ether oxygens (including phenoxy) is 3. The molecule has 2 amide bonds. The summed E-state index contributed by atoms with van der Waals surface area (Å²) in [6.45, 7) is 1.10. The third-order valence-electron chi connectivity index (χ3n) is 9.17. The molecule has 2 heterocycles. The van der Waals surface area contributed by atoms with Gasteiger partial charge < -0.3 is 29.5 Å². The van der Waals surface area contributed by atoms with Gasteiger partial charge >= 0.3 is 6.09 Å². The van der Waals surface area contributed by atoms with Crippen LogP contribution in [0, 0.1) is 17.5 Å². The molecule has 1 saturated carbocycles. The number of fused-ring (bicyclic) bond motifs is 2. The number of hydrogen-bond acceptors (Lipinski definition) is 6. The lowest BCUT2D eigenvalue weighted by atomic mass is 9.81. The minimum absolute atomic E-state index is 0.0135. The van der Waals surface area contributed by atoms with E-state index < -0.39 is 35.3 Å². The maximum Gasteiger partial charge on any atom is 0.408 e. The lowest BCUT2D eigenvalue weighted by molar-refractivity contribution is -0.129. The van der Waals surface area contributed by atoms with Gasteiger partial charge in [0.2, 0.25) is 5.82 Å². The van der Waals surface area contributed by atoms with Crippen LogP contribution in [0.5, 0.6) is 17.2 Å². The number of aryl methyl sites for hydroxylation is 1. The molecule has 48 heavy (non-hydrogen) atoms. The molecule has 2 N–H and O–H groups in total. The highest BCUT2D eigenvalue weighted by molar-refractivity contribution is 6.04. The number of halogens is 3. The number of benzene rings is 3. The molecule has 3 aromatic rings. The molecule has 2 fully saturated rings. The molecule has 0 aromatic heterocycles. The number of rotatable bonds is 12. The molecule has 1 saturated heterocycles. The smallest absolute Gasteiger partial charge is 0.408 e. The Morgan fingerprint density at radius 3 is 2.27 bits per heavy atom. The third-order valence-corrected chi connectivity index (χ3v) is 9.17. The zero-order chi connectivity index (χ0) is 33.9. The Bertz CT molecular complexity index is 1690. The highest BCUT2D eigenvalue weighted by Gasteiger charge is 2.46. The number of hydrogen-bond donors (Lipinski definition) is 2. The van der Waals surface area contributed by atoms with Crippen molar-refractivity contribution in [3.63, 3.8) is 0 Å². The van der Waals surface area contributed by atoms with Crippen molar-refractivity contribution in [2.75, 3.05) is 33.9 Å². The predicted molar refractivity (Wildman–Crippen MR) is 172 cm³/mol. The number of amides is 2. The van der Waals surface area contributed by atoms with Crippen LogP contribution in [0.15, 0.2) is 60.2 Å². The molecule has 3 aromatic carbocycles. The van der Waals surface area contributed by atoms with Crippen LogP contribution in [-0.2, 0) is 17.8 Å². The summed E-state index contributed by atoms with van der Waals surface area (Å²) in [5.74, 6) is -3.18. The molecular weight excluding hydrogens is 627 g/mol. The summed E-state index contributed by atoms with van der Waals surface area (Å²) in [6, 6.07) is 13.8. The largest absolute Gasteiger partial charge is 0.497 e. The Labute approximate surface area is 276 Å². The average molecular weight is 666 g/mol. The molecule has 0 radical (unpaired) electrons. The number of carbonyl (C=O) groups excluding carboxylic acids is 1. The lowest BCUT2D eigenvalue weighted by Crippen LogP contribution is -2.63. The Morgan fingerprint density at radius 2 is 1.62 bits per heavy atom. The quantitative estimate of drug-likeness (QED) is 0.186. The fourth-order valence-corrected chi connectivity index (χ4v) is 6.66. The summed E-state index contributed by atoms with van der Waals surface area (Å²) < 4.78 is 57.4. The van der Waals surface area contributed by atoms with Gasteiger partial charge in [-0.3, -0.25) is 9.69 Å². The topological polar surface area (TPSA) is 101 Å². The van der Waals surface area contributed by atoms with E-state index in [0.717, 1.165) is 41.2 Å². The number of methoxy groups -OCH3 is 2. The number of piperazine rings is 1. The van der Waals surface area contributed by atoms with Crippen LogP contribution in [0.1, 0.15) is 42.4 Å². The van der Waals surface area contributed by atoms with Crippen LogP contribution in [0.25, 0.3) is 5.57 Å². The Hall–Kier alpha value is -4.71. The molecule has 3 aliphatic rings. The van der Waals surface area contributed by atoms with Crippen molar-refractivity contribution in [3.8, 4) is 17.2 Å². The second-order valence-electron chi connectivity index (χ2n) is 12.3. The molecule has 2 unspecified atom stereocenters. The van der Waals surface area contributed by atoms with Crippen LogP contribution in [0.4, 0.5) is 18.0 Å². The molecule has 2 aliphatic heterocycles. The Morgan fingerprint density at radius 1 is 0.938 bits per heavy atom. The molecule has 0 spiro atoms. The first-order valence-electron chi connectivity index (χ1n) is 16.0. The van der Waals surface area contributed by atoms with Crippen molar-refractivity contribution in [3.05, 3.63) is 94.3 Å². The number of carbonyl (C=O) groups is 2. The summed E-state index contributed by atoms with van der Waals surface area (Å²) in [5.41, 5.74) is 3.92. The van der Waals surface area contributed by atoms with Crippen molar-refractivity contribution in [2.45, 2.75) is 56.8 Å². The SMILES string of the molecule is COc1cc(CN(C(=O)C2=C(c3ccc(CCCOc4c(F)ccc(F)c4F)cc3)CC3CNCC2N3C(=O)O)C2CC2)cc(OC)c1. The fraction of sp³-hybridized carbons (Fsp3) is 0.389. The van der Waals surface area contributed by atoms with E-state index in [0.29, 0.717) is 62.0 Å². The molecule has 2 atom stereocenters. The van der Waals surface area contributed by atoms with E-state index in [4.69, 9.17) is 14.2 Å². The van der Waals surface area contributed by atoms with E-state index in [1.165, 1.54) is 4.90 Å². The van der Waals surface area contributed by atoms with Crippen molar-refractivity contribution in [1.82, 2.24) is 15.1 Å². The highest BCUT2D eigenvalue weighted by Crippen LogP contribution is 2.40. The normalized spacial score (nSPS) is 18.8. The monoisotopic (exact) mass is 665 g/mol. The molecule has 2 bridgehead atoms. The molecule has 9 nitrogen and oxygen atoms in total. The van der Waals surface area contributed by atoms with Crippen LogP contribution < -0.4 is 19.5 Å². The van der Waals surface area contributed by atoms with E-state index >= 15 is 0 Å². The number of nitrogens with one attached hydrogen (secondary N) is 1. The number of nitrogens with zero attached hydrogens (tertiary/aromatic N) is 2. The first kappa shape index (κ1) is 33.2. The summed E-state index contributed by atoms with van der Waals surface area (Å²) in [6.07, 6.45) is 2.00. The predicted octanol–water partition coefficient (Wildman–Crippen LogP) is 5.80.